The number of ether oxygens (including phenoxy) is 2. The van der Waals surface area contributed by atoms with Gasteiger partial charge in [-0.15, -0.1) is 0 Å². The minimum Gasteiger partial charge on any atom is -0.463 e. The van der Waals surface area contributed by atoms with Crippen LogP contribution in [0.3, 0.4) is 0 Å². The third-order valence-electron chi connectivity index (χ3n) is 7.16. The molecular weight excluding hydrogens is 458 g/mol. The van der Waals surface area contributed by atoms with E-state index in [-0.39, 0.29) is 23.1 Å². The van der Waals surface area contributed by atoms with E-state index in [1.165, 1.54) is 5.56 Å². The van der Waals surface area contributed by atoms with E-state index in [0.717, 1.165) is 57.7 Å². The minimum absolute atomic E-state index is 0.0121. The summed E-state index contributed by atoms with van der Waals surface area (Å²) < 4.78 is 13.4. The van der Waals surface area contributed by atoms with Gasteiger partial charge in [0.1, 0.15) is 11.1 Å². The molecule has 2 saturated heterocycles. The minimum atomic E-state index is -0.269. The molecule has 0 bridgehead atoms. The summed E-state index contributed by atoms with van der Waals surface area (Å²) in [6, 6.07) is 9.15. The first-order chi connectivity index (χ1) is 17.4. The number of aromatic nitrogens is 4. The molecule has 0 saturated carbocycles. The number of benzene rings is 1. The zero-order valence-electron chi connectivity index (χ0n) is 21.5. The van der Waals surface area contributed by atoms with Gasteiger partial charge in [0.15, 0.2) is 11.5 Å². The Hall–Kier alpha value is -2.95. The molecule has 10 nitrogen and oxygen atoms in total. The van der Waals surface area contributed by atoms with Gasteiger partial charge in [0.2, 0.25) is 0 Å². The Kier molecular flexibility index (Phi) is 7.00. The van der Waals surface area contributed by atoms with Crippen LogP contribution < -0.4 is 16.2 Å². The molecule has 1 spiro atoms. The normalized spacial score (nSPS) is 18.2. The fraction of sp³-hybridized carbons (Fsp3) is 0.577. The number of imidazole rings is 1. The second-order valence-corrected chi connectivity index (χ2v) is 10.4. The predicted octanol–water partition coefficient (Wildman–Crippen LogP) is 2.22. The molecular formula is C26H37N7O3. The number of morpholine rings is 1. The quantitative estimate of drug-likeness (QED) is 0.435. The maximum Gasteiger partial charge on any atom is 0.328 e. The first-order valence-corrected chi connectivity index (χ1v) is 12.9. The van der Waals surface area contributed by atoms with Crippen molar-refractivity contribution in [1.29, 1.82) is 0 Å². The third-order valence-corrected chi connectivity index (χ3v) is 7.16. The van der Waals surface area contributed by atoms with Gasteiger partial charge in [-0.25, -0.2) is 4.79 Å². The highest BCUT2D eigenvalue weighted by Crippen LogP contribution is 2.31. The van der Waals surface area contributed by atoms with Crippen LogP contribution in [0, 0.1) is 0 Å². The van der Waals surface area contributed by atoms with Crippen molar-refractivity contribution in [2.45, 2.75) is 58.3 Å². The first-order valence-electron chi connectivity index (χ1n) is 12.9. The van der Waals surface area contributed by atoms with Gasteiger partial charge >= 0.3 is 11.7 Å². The summed E-state index contributed by atoms with van der Waals surface area (Å²) in [6.45, 7) is 13.2. The molecule has 3 aromatic rings. The van der Waals surface area contributed by atoms with E-state index >= 15 is 0 Å². The number of fused-ring (bicyclic) bond motifs is 1. The van der Waals surface area contributed by atoms with Crippen molar-refractivity contribution in [3.8, 4) is 6.01 Å². The smallest absolute Gasteiger partial charge is 0.328 e. The fourth-order valence-corrected chi connectivity index (χ4v) is 5.13. The number of aromatic amines is 1. The molecule has 2 fully saturated rings. The van der Waals surface area contributed by atoms with Crippen molar-refractivity contribution < 1.29 is 9.47 Å². The summed E-state index contributed by atoms with van der Waals surface area (Å²) in [4.78, 5) is 29.0. The number of nitrogen functional groups attached to an aromatic ring is 1. The molecule has 36 heavy (non-hydrogen) atoms. The van der Waals surface area contributed by atoms with Gasteiger partial charge < -0.3 is 20.2 Å². The average Bonchev–Trinajstić information content (AvgIpc) is 3.15. The van der Waals surface area contributed by atoms with Gasteiger partial charge in [-0.2, -0.15) is 9.97 Å². The van der Waals surface area contributed by atoms with Gasteiger partial charge in [0, 0.05) is 38.8 Å². The van der Waals surface area contributed by atoms with Crippen LogP contribution in [0.5, 0.6) is 6.01 Å². The lowest BCUT2D eigenvalue weighted by Crippen LogP contribution is -2.70. The first kappa shape index (κ1) is 24.7. The molecule has 5 rings (SSSR count). The van der Waals surface area contributed by atoms with Crippen LogP contribution in [0.4, 0.5) is 5.82 Å². The predicted molar refractivity (Wildman–Crippen MR) is 139 cm³/mol. The Morgan fingerprint density at radius 2 is 1.86 bits per heavy atom. The van der Waals surface area contributed by atoms with E-state index in [2.05, 4.69) is 69.8 Å². The van der Waals surface area contributed by atoms with Gasteiger partial charge in [-0.3, -0.25) is 14.4 Å². The molecule has 1 aromatic carbocycles. The lowest BCUT2D eigenvalue weighted by Gasteiger charge is -2.54. The maximum absolute atomic E-state index is 12.7. The van der Waals surface area contributed by atoms with E-state index in [9.17, 15) is 4.79 Å². The van der Waals surface area contributed by atoms with Crippen LogP contribution in [0.15, 0.2) is 29.1 Å². The molecule has 194 valence electrons. The Morgan fingerprint density at radius 3 is 2.56 bits per heavy atom. The Balaban J connectivity index is 1.23. The molecule has 4 heterocycles. The largest absolute Gasteiger partial charge is 0.463 e. The number of hydrogen-bond donors (Lipinski definition) is 2. The number of unbranched alkanes of at least 4 members (excludes halogenated alkanes) is 1. The Bertz CT molecular complexity index is 1240. The monoisotopic (exact) mass is 495 g/mol. The molecule has 0 amide bonds. The zero-order valence-corrected chi connectivity index (χ0v) is 21.5. The number of nitrogens with two attached hydrogens (primary N) is 1. The van der Waals surface area contributed by atoms with Crippen LogP contribution in [-0.2, 0) is 17.8 Å². The number of hydrogen-bond acceptors (Lipinski definition) is 8. The molecule has 0 aliphatic carbocycles. The number of anilines is 1. The summed E-state index contributed by atoms with van der Waals surface area (Å²) in [5, 5.41) is 0. The molecule has 2 aliphatic rings. The number of rotatable bonds is 9. The summed E-state index contributed by atoms with van der Waals surface area (Å²) >= 11 is 0. The second-order valence-electron chi connectivity index (χ2n) is 10.4. The van der Waals surface area contributed by atoms with E-state index in [4.69, 9.17) is 15.2 Å². The van der Waals surface area contributed by atoms with Crippen molar-refractivity contribution in [3.05, 3.63) is 45.9 Å². The molecule has 10 heteroatoms. The van der Waals surface area contributed by atoms with Gasteiger partial charge in [-0.05, 0) is 31.4 Å². The SMILES string of the molecule is CCCCOc1nc(N)c2[nH]c(=O)n(Cc3ccc(CN4CC5(C4)CN(C(C)C)CCO5)cc3)c2n1. The van der Waals surface area contributed by atoms with Crippen LogP contribution >= 0.6 is 0 Å². The van der Waals surface area contributed by atoms with Crippen molar-refractivity contribution in [2.75, 3.05) is 45.1 Å². The summed E-state index contributed by atoms with van der Waals surface area (Å²) in [5.74, 6) is 0.212. The number of nitrogens with one attached hydrogen (secondary N) is 1. The molecule has 0 atom stereocenters. The van der Waals surface area contributed by atoms with E-state index in [1.54, 1.807) is 4.57 Å². The van der Waals surface area contributed by atoms with Crippen LogP contribution in [0.2, 0.25) is 0 Å². The van der Waals surface area contributed by atoms with Crippen LogP contribution in [0.25, 0.3) is 11.2 Å². The van der Waals surface area contributed by atoms with Crippen molar-refractivity contribution in [2.24, 2.45) is 0 Å². The molecule has 0 unspecified atom stereocenters. The summed E-state index contributed by atoms with van der Waals surface area (Å²) in [7, 11) is 0. The number of nitrogens with zero attached hydrogens (tertiary/aromatic N) is 5. The fourth-order valence-electron chi connectivity index (χ4n) is 5.13. The second kappa shape index (κ2) is 10.2. The maximum atomic E-state index is 12.7. The Labute approximate surface area is 211 Å². The standard InChI is InChI=1S/C26H37N7O3/c1-4-5-11-35-24-29-22(27)21-23(30-24)33(25(34)28-21)14-20-8-6-19(7-9-20)13-31-15-26(16-31)17-32(18(2)3)10-12-36-26/h6-9,18H,4-5,10-17H2,1-3H3,(H,28,34)(H2,27,29,30). The van der Waals surface area contributed by atoms with E-state index < -0.39 is 0 Å². The van der Waals surface area contributed by atoms with E-state index in [0.29, 0.717) is 30.4 Å². The van der Waals surface area contributed by atoms with E-state index in [1.807, 2.05) is 0 Å². The summed E-state index contributed by atoms with van der Waals surface area (Å²) in [6.07, 6.45) is 1.90. The molecule has 2 aliphatic heterocycles. The van der Waals surface area contributed by atoms with Crippen molar-refractivity contribution >= 4 is 17.0 Å². The average molecular weight is 496 g/mol. The van der Waals surface area contributed by atoms with Gasteiger partial charge in [-0.1, -0.05) is 37.6 Å². The molecule has 0 radical (unpaired) electrons. The topological polar surface area (TPSA) is 115 Å². The third kappa shape index (κ3) is 5.11. The number of H-pyrrole nitrogens is 1. The van der Waals surface area contributed by atoms with Crippen LogP contribution in [0.1, 0.15) is 44.7 Å². The van der Waals surface area contributed by atoms with Gasteiger partial charge in [0.05, 0.1) is 19.8 Å². The van der Waals surface area contributed by atoms with Crippen LogP contribution in [-0.4, -0.2) is 80.4 Å². The highest BCUT2D eigenvalue weighted by Gasteiger charge is 2.47. The molecule has 3 N–H and O–H groups in total. The lowest BCUT2D eigenvalue weighted by atomic mass is 9.90. The molecule has 2 aromatic heterocycles. The zero-order chi connectivity index (χ0) is 25.3. The van der Waals surface area contributed by atoms with Gasteiger partial charge in [0.25, 0.3) is 0 Å². The number of likely N-dealkylation sites (tertiary alicyclic amines) is 1. The van der Waals surface area contributed by atoms with Crippen molar-refractivity contribution in [1.82, 2.24) is 29.3 Å². The highest BCUT2D eigenvalue weighted by molar-refractivity contribution is 5.81. The lowest BCUT2D eigenvalue weighted by molar-refractivity contribution is -0.189. The van der Waals surface area contributed by atoms with Crippen molar-refractivity contribution in [3.63, 3.8) is 0 Å². The summed E-state index contributed by atoms with van der Waals surface area (Å²) in [5.41, 5.74) is 8.93. The Morgan fingerprint density at radius 1 is 1.14 bits per heavy atom. The highest BCUT2D eigenvalue weighted by atomic mass is 16.5.